The minimum absolute atomic E-state index is 0.00250. The molecular weight excluding hydrogens is 250 g/mol. The summed E-state index contributed by atoms with van der Waals surface area (Å²) in [7, 11) is 3.17. The van der Waals surface area contributed by atoms with Crippen LogP contribution < -0.4 is 0 Å². The number of nitrogens with zero attached hydrogens (tertiary/aromatic N) is 1. The average molecular weight is 275 g/mol. The summed E-state index contributed by atoms with van der Waals surface area (Å²) in [6, 6.07) is -0.0512. The molecule has 0 bridgehead atoms. The van der Waals surface area contributed by atoms with Gasteiger partial charge in [0.05, 0.1) is 19.3 Å². The zero-order valence-corrected chi connectivity index (χ0v) is 12.2. The SMILES string of the molecule is COCCN(C(=O)CC(C)CC(=O)O)C(C)COC. The summed E-state index contributed by atoms with van der Waals surface area (Å²) in [5.41, 5.74) is 0. The van der Waals surface area contributed by atoms with Crippen LogP contribution in [0.3, 0.4) is 0 Å². The minimum atomic E-state index is -0.881. The number of carboxylic acid groups (broad SMARTS) is 1. The maximum absolute atomic E-state index is 12.2. The van der Waals surface area contributed by atoms with Gasteiger partial charge >= 0.3 is 5.97 Å². The van der Waals surface area contributed by atoms with Crippen LogP contribution >= 0.6 is 0 Å². The molecule has 0 aromatic rings. The van der Waals surface area contributed by atoms with E-state index >= 15 is 0 Å². The van der Waals surface area contributed by atoms with Crippen LogP contribution in [-0.2, 0) is 19.1 Å². The fourth-order valence-electron chi connectivity index (χ4n) is 1.90. The Labute approximate surface area is 114 Å². The van der Waals surface area contributed by atoms with E-state index in [0.29, 0.717) is 19.8 Å². The van der Waals surface area contributed by atoms with E-state index in [-0.39, 0.29) is 30.7 Å². The first-order chi connectivity index (χ1) is 8.92. The third-order valence-electron chi connectivity index (χ3n) is 2.84. The summed E-state index contributed by atoms with van der Waals surface area (Å²) in [4.78, 5) is 24.5. The zero-order chi connectivity index (χ0) is 14.8. The predicted molar refractivity (Wildman–Crippen MR) is 71.0 cm³/mol. The van der Waals surface area contributed by atoms with Gasteiger partial charge in [-0.15, -0.1) is 0 Å². The van der Waals surface area contributed by atoms with Crippen LogP contribution in [0.1, 0.15) is 26.7 Å². The smallest absolute Gasteiger partial charge is 0.303 e. The van der Waals surface area contributed by atoms with Crippen molar-refractivity contribution in [3.8, 4) is 0 Å². The minimum Gasteiger partial charge on any atom is -0.481 e. The molecule has 0 aromatic heterocycles. The third kappa shape index (κ3) is 7.79. The van der Waals surface area contributed by atoms with Crippen LogP contribution in [-0.4, -0.2) is 61.9 Å². The Morgan fingerprint density at radius 2 is 1.79 bits per heavy atom. The van der Waals surface area contributed by atoms with Gasteiger partial charge in [-0.05, 0) is 12.8 Å². The summed E-state index contributed by atoms with van der Waals surface area (Å²) in [5, 5.41) is 8.71. The second-order valence-electron chi connectivity index (χ2n) is 4.79. The zero-order valence-electron chi connectivity index (χ0n) is 12.2. The van der Waals surface area contributed by atoms with Crippen molar-refractivity contribution in [2.45, 2.75) is 32.7 Å². The summed E-state index contributed by atoms with van der Waals surface area (Å²) in [6.07, 6.45) is 0.229. The molecule has 0 aliphatic carbocycles. The van der Waals surface area contributed by atoms with Crippen molar-refractivity contribution in [1.82, 2.24) is 4.90 Å². The topological polar surface area (TPSA) is 76.1 Å². The Morgan fingerprint density at radius 3 is 2.26 bits per heavy atom. The van der Waals surface area contributed by atoms with Gasteiger partial charge in [-0.2, -0.15) is 0 Å². The second-order valence-corrected chi connectivity index (χ2v) is 4.79. The van der Waals surface area contributed by atoms with E-state index < -0.39 is 5.97 Å². The van der Waals surface area contributed by atoms with E-state index in [1.807, 2.05) is 6.92 Å². The largest absolute Gasteiger partial charge is 0.481 e. The number of methoxy groups -OCH3 is 2. The van der Waals surface area contributed by atoms with Crippen molar-refractivity contribution in [3.05, 3.63) is 0 Å². The standard InChI is InChI=1S/C13H25NO5/c1-10(8-13(16)17)7-12(15)14(5-6-18-3)11(2)9-19-4/h10-11H,5-9H2,1-4H3,(H,16,17). The van der Waals surface area contributed by atoms with Crippen LogP contribution in [0, 0.1) is 5.92 Å². The van der Waals surface area contributed by atoms with E-state index in [1.54, 1.807) is 26.0 Å². The molecule has 0 saturated heterocycles. The van der Waals surface area contributed by atoms with Crippen molar-refractivity contribution in [2.75, 3.05) is 34.0 Å². The van der Waals surface area contributed by atoms with Gasteiger partial charge in [0.15, 0.2) is 0 Å². The van der Waals surface area contributed by atoms with E-state index in [4.69, 9.17) is 14.6 Å². The van der Waals surface area contributed by atoms with Crippen LogP contribution in [0.5, 0.6) is 0 Å². The van der Waals surface area contributed by atoms with Gasteiger partial charge in [-0.1, -0.05) is 6.92 Å². The van der Waals surface area contributed by atoms with Crippen LogP contribution in [0.2, 0.25) is 0 Å². The molecule has 0 aromatic carbocycles. The molecule has 6 heteroatoms. The van der Waals surface area contributed by atoms with E-state index in [2.05, 4.69) is 0 Å². The number of amides is 1. The molecule has 6 nitrogen and oxygen atoms in total. The molecule has 0 aliphatic heterocycles. The molecule has 1 N–H and O–H groups in total. The van der Waals surface area contributed by atoms with Crippen molar-refractivity contribution in [1.29, 1.82) is 0 Å². The highest BCUT2D eigenvalue weighted by atomic mass is 16.5. The highest BCUT2D eigenvalue weighted by molar-refractivity contribution is 5.77. The summed E-state index contributed by atoms with van der Waals surface area (Å²) in [6.45, 7) is 5.05. The Bertz CT molecular complexity index is 282. The lowest BCUT2D eigenvalue weighted by Gasteiger charge is -2.29. The molecule has 0 saturated carbocycles. The quantitative estimate of drug-likeness (QED) is 0.643. The number of carbonyl (C=O) groups is 2. The van der Waals surface area contributed by atoms with Crippen molar-refractivity contribution < 1.29 is 24.2 Å². The molecule has 2 atom stereocenters. The number of ether oxygens (including phenoxy) is 2. The van der Waals surface area contributed by atoms with Gasteiger partial charge in [-0.25, -0.2) is 0 Å². The first-order valence-corrected chi connectivity index (χ1v) is 6.41. The first-order valence-electron chi connectivity index (χ1n) is 6.41. The third-order valence-corrected chi connectivity index (χ3v) is 2.84. The number of carbonyl (C=O) groups excluding carboxylic acids is 1. The molecule has 1 amide bonds. The first kappa shape index (κ1) is 17.9. The lowest BCUT2D eigenvalue weighted by Crippen LogP contribution is -2.43. The molecule has 0 heterocycles. The van der Waals surface area contributed by atoms with Gasteiger partial charge in [0.25, 0.3) is 0 Å². The van der Waals surface area contributed by atoms with Gasteiger partial charge in [0, 0.05) is 33.6 Å². The monoisotopic (exact) mass is 275 g/mol. The van der Waals surface area contributed by atoms with Gasteiger partial charge in [-0.3, -0.25) is 9.59 Å². The number of carboxylic acids is 1. The normalized spacial score (nSPS) is 13.9. The maximum atomic E-state index is 12.2. The van der Waals surface area contributed by atoms with Crippen molar-refractivity contribution in [2.24, 2.45) is 5.92 Å². The maximum Gasteiger partial charge on any atom is 0.303 e. The average Bonchev–Trinajstić information content (AvgIpc) is 2.28. The highest BCUT2D eigenvalue weighted by Crippen LogP contribution is 2.12. The number of hydrogen-bond donors (Lipinski definition) is 1. The van der Waals surface area contributed by atoms with E-state index in [1.165, 1.54) is 0 Å². The van der Waals surface area contributed by atoms with Gasteiger partial charge in [0.1, 0.15) is 0 Å². The molecule has 0 spiro atoms. The van der Waals surface area contributed by atoms with Crippen molar-refractivity contribution in [3.63, 3.8) is 0 Å². The number of hydrogen-bond acceptors (Lipinski definition) is 4. The molecule has 0 fully saturated rings. The molecule has 0 radical (unpaired) electrons. The highest BCUT2D eigenvalue weighted by Gasteiger charge is 2.22. The molecule has 0 aliphatic rings. The van der Waals surface area contributed by atoms with Crippen LogP contribution in [0.25, 0.3) is 0 Å². The van der Waals surface area contributed by atoms with E-state index in [9.17, 15) is 9.59 Å². The Morgan fingerprint density at radius 1 is 1.16 bits per heavy atom. The Balaban J connectivity index is 4.47. The molecule has 112 valence electrons. The van der Waals surface area contributed by atoms with Crippen LogP contribution in [0.15, 0.2) is 0 Å². The lowest BCUT2D eigenvalue weighted by molar-refractivity contribution is -0.139. The number of aliphatic carboxylic acids is 1. The Hall–Kier alpha value is -1.14. The summed E-state index contributed by atoms with van der Waals surface area (Å²) in [5.74, 6) is -1.12. The summed E-state index contributed by atoms with van der Waals surface area (Å²) < 4.78 is 10.0. The molecule has 2 unspecified atom stereocenters. The van der Waals surface area contributed by atoms with Gasteiger partial charge < -0.3 is 19.5 Å². The fourth-order valence-corrected chi connectivity index (χ4v) is 1.90. The molecule has 0 rings (SSSR count). The summed E-state index contributed by atoms with van der Waals surface area (Å²) >= 11 is 0. The second kappa shape index (κ2) is 9.75. The van der Waals surface area contributed by atoms with E-state index in [0.717, 1.165) is 0 Å². The van der Waals surface area contributed by atoms with Crippen molar-refractivity contribution >= 4 is 11.9 Å². The lowest BCUT2D eigenvalue weighted by atomic mass is 10.0. The Kier molecular flexibility index (Phi) is 9.16. The van der Waals surface area contributed by atoms with Crippen LogP contribution in [0.4, 0.5) is 0 Å². The fraction of sp³-hybridized carbons (Fsp3) is 0.846. The number of rotatable bonds is 10. The van der Waals surface area contributed by atoms with Gasteiger partial charge in [0.2, 0.25) is 5.91 Å². The molecular formula is C13H25NO5. The predicted octanol–water partition coefficient (Wildman–Crippen LogP) is 0.997. The molecule has 19 heavy (non-hydrogen) atoms.